The molecule has 0 saturated carbocycles. The van der Waals surface area contributed by atoms with E-state index in [-0.39, 0.29) is 18.3 Å². The fraction of sp³-hybridized carbons (Fsp3) is 0.462. The molecule has 0 radical (unpaired) electrons. The standard InChI is InChI=1S/C13H18FN3O/c1-13(2)12(18)16-6-7-17(13)11-9(8-15)4-3-5-10(11)14/h3-5H,6-8,15H2,1-2H3,(H,16,18). The lowest BCUT2D eigenvalue weighted by Gasteiger charge is -2.43. The second kappa shape index (κ2) is 4.57. The maximum atomic E-state index is 14.1. The van der Waals surface area contributed by atoms with Crippen LogP contribution in [0.5, 0.6) is 0 Å². The van der Waals surface area contributed by atoms with Gasteiger partial charge in [0.25, 0.3) is 0 Å². The summed E-state index contributed by atoms with van der Waals surface area (Å²) in [6, 6.07) is 4.83. The highest BCUT2D eigenvalue weighted by atomic mass is 19.1. The van der Waals surface area contributed by atoms with Gasteiger partial charge in [-0.05, 0) is 25.5 Å². The number of halogens is 1. The van der Waals surface area contributed by atoms with Crippen molar-refractivity contribution in [3.05, 3.63) is 29.6 Å². The van der Waals surface area contributed by atoms with Gasteiger partial charge in [-0.1, -0.05) is 12.1 Å². The fourth-order valence-electron chi connectivity index (χ4n) is 2.32. The molecule has 4 nitrogen and oxygen atoms in total. The van der Waals surface area contributed by atoms with Crippen LogP contribution in [-0.4, -0.2) is 24.5 Å². The molecule has 0 spiro atoms. The lowest BCUT2D eigenvalue weighted by Crippen LogP contribution is -2.62. The number of anilines is 1. The first-order chi connectivity index (χ1) is 8.48. The normalized spacial score (nSPS) is 18.7. The van der Waals surface area contributed by atoms with E-state index in [1.807, 2.05) is 0 Å². The van der Waals surface area contributed by atoms with E-state index in [9.17, 15) is 9.18 Å². The van der Waals surface area contributed by atoms with E-state index >= 15 is 0 Å². The molecule has 2 rings (SSSR count). The SMILES string of the molecule is CC1(C)C(=O)NCCN1c1c(F)cccc1CN. The zero-order valence-electron chi connectivity index (χ0n) is 10.7. The molecular weight excluding hydrogens is 233 g/mol. The highest BCUT2D eigenvalue weighted by Gasteiger charge is 2.39. The highest BCUT2D eigenvalue weighted by molar-refractivity contribution is 5.90. The molecule has 1 heterocycles. The molecule has 5 heteroatoms. The molecule has 1 saturated heterocycles. The number of para-hydroxylation sites is 1. The van der Waals surface area contributed by atoms with E-state index in [1.54, 1.807) is 30.9 Å². The average molecular weight is 251 g/mol. The Bertz CT molecular complexity index is 473. The van der Waals surface area contributed by atoms with E-state index in [4.69, 9.17) is 5.73 Å². The first-order valence-corrected chi connectivity index (χ1v) is 6.02. The van der Waals surface area contributed by atoms with Crippen molar-refractivity contribution in [3.8, 4) is 0 Å². The van der Waals surface area contributed by atoms with Crippen LogP contribution in [0.4, 0.5) is 10.1 Å². The predicted molar refractivity (Wildman–Crippen MR) is 68.7 cm³/mol. The molecule has 1 aliphatic rings. The van der Waals surface area contributed by atoms with Crippen molar-refractivity contribution in [2.24, 2.45) is 5.73 Å². The fourth-order valence-corrected chi connectivity index (χ4v) is 2.32. The van der Waals surface area contributed by atoms with Gasteiger partial charge in [0, 0.05) is 19.6 Å². The Morgan fingerprint density at radius 2 is 2.22 bits per heavy atom. The van der Waals surface area contributed by atoms with Crippen LogP contribution >= 0.6 is 0 Å². The number of nitrogens with one attached hydrogen (secondary N) is 1. The van der Waals surface area contributed by atoms with E-state index in [0.29, 0.717) is 18.8 Å². The van der Waals surface area contributed by atoms with Gasteiger partial charge in [0.1, 0.15) is 11.4 Å². The van der Waals surface area contributed by atoms with Crippen LogP contribution in [0, 0.1) is 5.82 Å². The molecule has 1 aromatic rings. The molecule has 0 unspecified atom stereocenters. The number of benzene rings is 1. The van der Waals surface area contributed by atoms with Gasteiger partial charge >= 0.3 is 0 Å². The van der Waals surface area contributed by atoms with Crippen molar-refractivity contribution in [2.75, 3.05) is 18.0 Å². The zero-order chi connectivity index (χ0) is 13.3. The summed E-state index contributed by atoms with van der Waals surface area (Å²) in [6.07, 6.45) is 0. The number of nitrogens with zero attached hydrogens (tertiary/aromatic N) is 1. The summed E-state index contributed by atoms with van der Waals surface area (Å²) in [5.74, 6) is -0.430. The summed E-state index contributed by atoms with van der Waals surface area (Å²) in [5.41, 5.74) is 6.05. The zero-order valence-corrected chi connectivity index (χ0v) is 10.7. The summed E-state index contributed by atoms with van der Waals surface area (Å²) < 4.78 is 14.1. The van der Waals surface area contributed by atoms with E-state index in [1.165, 1.54) is 6.07 Å². The van der Waals surface area contributed by atoms with Crippen LogP contribution in [0.25, 0.3) is 0 Å². The number of carbonyl (C=O) groups is 1. The van der Waals surface area contributed by atoms with Crippen molar-refractivity contribution in [1.82, 2.24) is 5.32 Å². The van der Waals surface area contributed by atoms with Crippen LogP contribution in [0.15, 0.2) is 18.2 Å². The number of rotatable bonds is 2. The van der Waals surface area contributed by atoms with Crippen LogP contribution in [-0.2, 0) is 11.3 Å². The largest absolute Gasteiger partial charge is 0.353 e. The lowest BCUT2D eigenvalue weighted by molar-refractivity contribution is -0.126. The Labute approximate surface area is 106 Å². The number of amides is 1. The Hall–Kier alpha value is -1.62. The number of hydrogen-bond acceptors (Lipinski definition) is 3. The first-order valence-electron chi connectivity index (χ1n) is 6.02. The predicted octanol–water partition coefficient (Wildman–Crippen LogP) is 0.999. The summed E-state index contributed by atoms with van der Waals surface area (Å²) in [5, 5.41) is 2.79. The van der Waals surface area contributed by atoms with Gasteiger partial charge < -0.3 is 16.0 Å². The monoisotopic (exact) mass is 251 g/mol. The molecular formula is C13H18FN3O. The molecule has 18 heavy (non-hydrogen) atoms. The maximum absolute atomic E-state index is 14.1. The van der Waals surface area contributed by atoms with Gasteiger partial charge in [0.05, 0.1) is 5.69 Å². The first kappa shape index (κ1) is 12.8. The van der Waals surface area contributed by atoms with E-state index in [2.05, 4.69) is 5.32 Å². The number of hydrogen-bond donors (Lipinski definition) is 2. The van der Waals surface area contributed by atoms with Gasteiger partial charge in [-0.15, -0.1) is 0 Å². The topological polar surface area (TPSA) is 58.4 Å². The minimum atomic E-state index is -0.773. The summed E-state index contributed by atoms with van der Waals surface area (Å²) in [7, 11) is 0. The van der Waals surface area contributed by atoms with Crippen LogP contribution < -0.4 is 16.0 Å². The van der Waals surface area contributed by atoms with Crippen molar-refractivity contribution in [3.63, 3.8) is 0 Å². The van der Waals surface area contributed by atoms with Crippen LogP contribution in [0.1, 0.15) is 19.4 Å². The molecule has 3 N–H and O–H groups in total. The molecule has 0 aliphatic carbocycles. The average Bonchev–Trinajstić information content (AvgIpc) is 2.33. The van der Waals surface area contributed by atoms with Crippen molar-refractivity contribution in [2.45, 2.75) is 25.9 Å². The Balaban J connectivity index is 2.50. The summed E-state index contributed by atoms with van der Waals surface area (Å²) >= 11 is 0. The molecule has 98 valence electrons. The smallest absolute Gasteiger partial charge is 0.245 e. The quantitative estimate of drug-likeness (QED) is 0.824. The number of carbonyl (C=O) groups excluding carboxylic acids is 1. The third-order valence-corrected chi connectivity index (χ3v) is 3.41. The third kappa shape index (κ3) is 1.95. The van der Waals surface area contributed by atoms with Gasteiger partial charge in [-0.25, -0.2) is 4.39 Å². The molecule has 1 aromatic carbocycles. The third-order valence-electron chi connectivity index (χ3n) is 3.41. The van der Waals surface area contributed by atoms with Crippen LogP contribution in [0.2, 0.25) is 0 Å². The Morgan fingerprint density at radius 3 is 2.89 bits per heavy atom. The number of piperazine rings is 1. The number of nitrogens with two attached hydrogens (primary N) is 1. The van der Waals surface area contributed by atoms with E-state index in [0.717, 1.165) is 5.56 Å². The molecule has 1 fully saturated rings. The van der Waals surface area contributed by atoms with Gasteiger partial charge in [-0.2, -0.15) is 0 Å². The molecule has 0 atom stereocenters. The van der Waals surface area contributed by atoms with Crippen molar-refractivity contribution in [1.29, 1.82) is 0 Å². The molecule has 0 aromatic heterocycles. The molecule has 0 bridgehead atoms. The Kier molecular flexibility index (Phi) is 3.26. The van der Waals surface area contributed by atoms with Gasteiger partial charge in [-0.3, -0.25) is 4.79 Å². The lowest BCUT2D eigenvalue weighted by atomic mass is 9.96. The summed E-state index contributed by atoms with van der Waals surface area (Å²) in [6.45, 7) is 4.91. The minimum absolute atomic E-state index is 0.0972. The van der Waals surface area contributed by atoms with Crippen LogP contribution in [0.3, 0.4) is 0 Å². The molecule has 1 aliphatic heterocycles. The van der Waals surface area contributed by atoms with Gasteiger partial charge in [0.15, 0.2) is 0 Å². The summed E-state index contributed by atoms with van der Waals surface area (Å²) in [4.78, 5) is 13.7. The van der Waals surface area contributed by atoms with E-state index < -0.39 is 5.54 Å². The second-order valence-corrected chi connectivity index (χ2v) is 4.92. The second-order valence-electron chi connectivity index (χ2n) is 4.92. The van der Waals surface area contributed by atoms with Crippen molar-refractivity contribution < 1.29 is 9.18 Å². The molecule has 1 amide bonds. The highest BCUT2D eigenvalue weighted by Crippen LogP contribution is 2.31. The minimum Gasteiger partial charge on any atom is -0.353 e. The van der Waals surface area contributed by atoms with Gasteiger partial charge in [0.2, 0.25) is 5.91 Å². The Morgan fingerprint density at radius 1 is 1.50 bits per heavy atom. The van der Waals surface area contributed by atoms with Crippen molar-refractivity contribution >= 4 is 11.6 Å². The maximum Gasteiger partial charge on any atom is 0.245 e.